The van der Waals surface area contributed by atoms with Crippen molar-refractivity contribution in [2.45, 2.75) is 38.1 Å². The van der Waals surface area contributed by atoms with Gasteiger partial charge in [0.05, 0.1) is 0 Å². The summed E-state index contributed by atoms with van der Waals surface area (Å²) in [5.74, 6) is 0. The minimum absolute atomic E-state index is 0.346. The Labute approximate surface area is 71.2 Å². The van der Waals surface area contributed by atoms with Crippen LogP contribution in [0.3, 0.4) is 0 Å². The van der Waals surface area contributed by atoms with E-state index in [-0.39, 0.29) is 8.83 Å². The Bertz CT molecular complexity index is 83.3. The van der Waals surface area contributed by atoms with Crippen LogP contribution in [0.25, 0.3) is 0 Å². The number of halogens is 1. The van der Waals surface area contributed by atoms with Crippen molar-refractivity contribution in [3.8, 4) is 0 Å². The number of hydrogen-bond acceptors (Lipinski definition) is 0. The highest BCUT2D eigenvalue weighted by Gasteiger charge is 2.00. The first kappa shape index (κ1) is 10.2. The highest BCUT2D eigenvalue weighted by atomic mass is 35.6. The van der Waals surface area contributed by atoms with Gasteiger partial charge in [-0.2, -0.15) is 11.1 Å². The van der Waals surface area contributed by atoms with Gasteiger partial charge in [0.25, 0.3) is 0 Å². The maximum absolute atomic E-state index is 5.81. The Balaban J connectivity index is 3.17. The van der Waals surface area contributed by atoms with Gasteiger partial charge >= 0.3 is 0 Å². The average Bonchev–Trinajstić information content (AvgIpc) is 1.99. The number of hydrogen-bond donors (Lipinski definition) is 0. The van der Waals surface area contributed by atoms with E-state index in [2.05, 4.69) is 13.5 Å². The van der Waals surface area contributed by atoms with Crippen LogP contribution in [0.15, 0.2) is 12.7 Å². The van der Waals surface area contributed by atoms with Gasteiger partial charge in [-0.05, 0) is 12.0 Å². The molecule has 2 heteroatoms. The van der Waals surface area contributed by atoms with Crippen molar-refractivity contribution in [2.75, 3.05) is 0 Å². The molecule has 1 atom stereocenters. The van der Waals surface area contributed by atoms with Gasteiger partial charge in [-0.25, -0.2) is 0 Å². The Morgan fingerprint density at radius 3 is 2.70 bits per heavy atom. The van der Waals surface area contributed by atoms with Crippen molar-refractivity contribution in [1.82, 2.24) is 0 Å². The predicted octanol–water partition coefficient (Wildman–Crippen LogP) is 2.86. The van der Waals surface area contributed by atoms with Gasteiger partial charge < -0.3 is 0 Å². The summed E-state index contributed by atoms with van der Waals surface area (Å²) in [6.07, 6.45) is 7.26. The molecule has 0 fully saturated rings. The van der Waals surface area contributed by atoms with Gasteiger partial charge in [-0.1, -0.05) is 32.3 Å². The van der Waals surface area contributed by atoms with Crippen LogP contribution in [-0.2, 0) is 0 Å². The van der Waals surface area contributed by atoms with Crippen LogP contribution >= 0.6 is 11.1 Å². The second-order valence-corrected chi connectivity index (χ2v) is 4.93. The Hall–Kier alpha value is 0.247. The molecule has 0 aromatic rings. The minimum atomic E-state index is -0.346. The van der Waals surface area contributed by atoms with Gasteiger partial charge in [-0.3, -0.25) is 0 Å². The summed E-state index contributed by atoms with van der Waals surface area (Å²) in [7, 11) is -0.346. The fourth-order valence-electron chi connectivity index (χ4n) is 0.915. The second kappa shape index (κ2) is 7.36. The van der Waals surface area contributed by atoms with E-state index < -0.39 is 0 Å². The van der Waals surface area contributed by atoms with E-state index in [0.29, 0.717) is 5.54 Å². The maximum Gasteiger partial charge on any atom is 0.132 e. The van der Waals surface area contributed by atoms with Crippen molar-refractivity contribution in [2.24, 2.45) is 0 Å². The SMILES string of the molecule is C=CC(CCCCC)[SiH2]Cl. The molecule has 0 aliphatic rings. The normalized spacial score (nSPS) is 14.2. The van der Waals surface area contributed by atoms with Crippen LogP contribution in [0, 0.1) is 0 Å². The molecule has 0 N–H and O–H groups in total. The molecule has 1 unspecified atom stereocenters. The average molecular weight is 177 g/mol. The van der Waals surface area contributed by atoms with Crippen LogP contribution < -0.4 is 0 Å². The summed E-state index contributed by atoms with van der Waals surface area (Å²) in [6, 6.07) is 0. The Morgan fingerprint density at radius 1 is 1.60 bits per heavy atom. The van der Waals surface area contributed by atoms with E-state index in [1.807, 2.05) is 6.08 Å². The molecule has 0 aliphatic heterocycles. The third-order valence-electron chi connectivity index (χ3n) is 1.71. The molecule has 10 heavy (non-hydrogen) atoms. The number of rotatable bonds is 6. The summed E-state index contributed by atoms with van der Waals surface area (Å²) in [5, 5.41) is 0. The number of unbranched alkanes of at least 4 members (excludes halogenated alkanes) is 2. The molecular formula is C8H17ClSi. The van der Waals surface area contributed by atoms with Crippen molar-refractivity contribution in [1.29, 1.82) is 0 Å². The number of allylic oxidation sites excluding steroid dienone is 1. The minimum Gasteiger partial charge on any atom is -0.176 e. The van der Waals surface area contributed by atoms with Crippen molar-refractivity contribution < 1.29 is 0 Å². The maximum atomic E-state index is 5.81. The Kier molecular flexibility index (Phi) is 7.54. The summed E-state index contributed by atoms with van der Waals surface area (Å²) in [5.41, 5.74) is 0.674. The largest absolute Gasteiger partial charge is 0.176 e. The quantitative estimate of drug-likeness (QED) is 0.253. The summed E-state index contributed by atoms with van der Waals surface area (Å²) < 4.78 is 0. The lowest BCUT2D eigenvalue weighted by atomic mass is 10.1. The molecule has 0 aromatic heterocycles. The molecule has 0 heterocycles. The standard InChI is InChI=1S/C8H17ClSi/c1-3-5-6-7-8(4-2)10-9/h4,8H,2-3,5-7,10H2,1H3. The van der Waals surface area contributed by atoms with E-state index in [0.717, 1.165) is 0 Å². The fraction of sp³-hybridized carbons (Fsp3) is 0.750. The third kappa shape index (κ3) is 5.07. The molecule has 0 spiro atoms. The Morgan fingerprint density at radius 2 is 2.30 bits per heavy atom. The van der Waals surface area contributed by atoms with Gasteiger partial charge in [0.15, 0.2) is 0 Å². The molecule has 0 rings (SSSR count). The van der Waals surface area contributed by atoms with Gasteiger partial charge in [0, 0.05) is 0 Å². The molecule has 0 nitrogen and oxygen atoms in total. The van der Waals surface area contributed by atoms with Crippen LogP contribution in [0.5, 0.6) is 0 Å². The lowest BCUT2D eigenvalue weighted by Gasteiger charge is -2.05. The van der Waals surface area contributed by atoms with Crippen molar-refractivity contribution in [3.05, 3.63) is 12.7 Å². The summed E-state index contributed by atoms with van der Waals surface area (Å²) in [4.78, 5) is 0. The second-order valence-electron chi connectivity index (χ2n) is 2.65. The first-order valence-electron chi connectivity index (χ1n) is 4.03. The van der Waals surface area contributed by atoms with Crippen molar-refractivity contribution >= 4 is 19.9 Å². The summed E-state index contributed by atoms with van der Waals surface area (Å²) in [6.45, 7) is 5.98. The van der Waals surface area contributed by atoms with E-state index in [1.54, 1.807) is 0 Å². The lowest BCUT2D eigenvalue weighted by molar-refractivity contribution is 0.673. The van der Waals surface area contributed by atoms with E-state index in [9.17, 15) is 0 Å². The summed E-state index contributed by atoms with van der Waals surface area (Å²) >= 11 is 5.81. The van der Waals surface area contributed by atoms with Gasteiger partial charge in [0.2, 0.25) is 0 Å². The topological polar surface area (TPSA) is 0 Å². The monoisotopic (exact) mass is 176 g/mol. The van der Waals surface area contributed by atoms with E-state index >= 15 is 0 Å². The first-order valence-corrected chi connectivity index (χ1v) is 6.99. The van der Waals surface area contributed by atoms with Crippen LogP contribution in [-0.4, -0.2) is 8.83 Å². The molecule has 0 aromatic carbocycles. The zero-order valence-corrected chi connectivity index (χ0v) is 8.95. The molecule has 60 valence electrons. The zero-order valence-electron chi connectivity index (χ0n) is 6.78. The first-order chi connectivity index (χ1) is 4.85. The smallest absolute Gasteiger partial charge is 0.132 e. The lowest BCUT2D eigenvalue weighted by Crippen LogP contribution is -1.93. The van der Waals surface area contributed by atoms with Gasteiger partial charge in [0.1, 0.15) is 8.83 Å². The van der Waals surface area contributed by atoms with Crippen LogP contribution in [0.1, 0.15) is 32.6 Å². The van der Waals surface area contributed by atoms with Gasteiger partial charge in [-0.15, -0.1) is 6.58 Å². The molecule has 0 amide bonds. The molecule has 0 bridgehead atoms. The third-order valence-corrected chi connectivity index (χ3v) is 4.04. The molecule has 0 radical (unpaired) electrons. The molecule has 0 saturated heterocycles. The molecular weight excluding hydrogens is 160 g/mol. The van der Waals surface area contributed by atoms with Crippen LogP contribution in [0.2, 0.25) is 5.54 Å². The highest BCUT2D eigenvalue weighted by Crippen LogP contribution is 2.16. The predicted molar refractivity (Wildman–Crippen MR) is 52.5 cm³/mol. The highest BCUT2D eigenvalue weighted by molar-refractivity contribution is 6.94. The molecule has 0 saturated carbocycles. The fourth-order valence-corrected chi connectivity index (χ4v) is 2.32. The zero-order chi connectivity index (χ0) is 7.82. The van der Waals surface area contributed by atoms with Crippen LogP contribution in [0.4, 0.5) is 0 Å². The molecule has 0 aliphatic carbocycles. The van der Waals surface area contributed by atoms with E-state index in [4.69, 9.17) is 11.1 Å². The van der Waals surface area contributed by atoms with E-state index in [1.165, 1.54) is 25.7 Å². The van der Waals surface area contributed by atoms with Crippen molar-refractivity contribution in [3.63, 3.8) is 0 Å².